The van der Waals surface area contributed by atoms with Gasteiger partial charge in [0.1, 0.15) is 12.0 Å². The highest BCUT2D eigenvalue weighted by atomic mass is 19.1. The fourth-order valence-electron chi connectivity index (χ4n) is 2.47. The first-order valence-electron chi connectivity index (χ1n) is 6.10. The molecule has 0 radical (unpaired) electrons. The van der Waals surface area contributed by atoms with Crippen molar-refractivity contribution in [3.8, 4) is 0 Å². The number of rotatable bonds is 3. The Hall–Kier alpha value is -1.22. The van der Waals surface area contributed by atoms with Crippen LogP contribution in [0.1, 0.15) is 35.7 Å². The van der Waals surface area contributed by atoms with Gasteiger partial charge in [-0.15, -0.1) is 0 Å². The molecule has 0 saturated carbocycles. The Balaban J connectivity index is 2.25. The molecule has 0 aromatic heterocycles. The lowest BCUT2D eigenvalue weighted by atomic mass is 9.80. The first-order chi connectivity index (χ1) is 8.14. The summed E-state index contributed by atoms with van der Waals surface area (Å²) in [5.41, 5.74) is -0.224. The van der Waals surface area contributed by atoms with Crippen molar-refractivity contribution in [1.29, 1.82) is 0 Å². The van der Waals surface area contributed by atoms with Crippen LogP contribution in [0.25, 0.3) is 0 Å². The summed E-state index contributed by atoms with van der Waals surface area (Å²) in [6.45, 7) is 3.30. The summed E-state index contributed by atoms with van der Waals surface area (Å²) in [5, 5.41) is 3.23. The molecule has 1 aromatic carbocycles. The Bertz CT molecular complexity index is 397. The molecule has 1 aromatic rings. The zero-order valence-corrected chi connectivity index (χ0v) is 10.1. The molecule has 1 fully saturated rings. The molecule has 92 valence electrons. The summed E-state index contributed by atoms with van der Waals surface area (Å²) in [6.07, 6.45) is 2.67. The van der Waals surface area contributed by atoms with Gasteiger partial charge in [0.25, 0.3) is 0 Å². The molecule has 1 saturated heterocycles. The lowest BCUT2D eigenvalue weighted by Gasteiger charge is -2.34. The molecule has 2 unspecified atom stereocenters. The normalized spacial score (nSPS) is 24.0. The van der Waals surface area contributed by atoms with Crippen molar-refractivity contribution >= 4 is 6.29 Å². The Kier molecular flexibility index (Phi) is 3.57. The van der Waals surface area contributed by atoms with Gasteiger partial charge in [-0.25, -0.2) is 4.39 Å². The number of nitrogens with one attached hydrogen (secondary N) is 1. The monoisotopic (exact) mass is 235 g/mol. The van der Waals surface area contributed by atoms with Crippen LogP contribution in [0.4, 0.5) is 4.39 Å². The van der Waals surface area contributed by atoms with E-state index in [-0.39, 0.29) is 5.92 Å². The first kappa shape index (κ1) is 12.2. The molecule has 2 nitrogen and oxygen atoms in total. The fraction of sp³-hybridized carbons (Fsp3) is 0.500. The van der Waals surface area contributed by atoms with E-state index in [4.69, 9.17) is 0 Å². The number of carbonyl (C=O) groups excluding carboxylic acids is 1. The third-order valence-corrected chi connectivity index (χ3v) is 3.65. The quantitative estimate of drug-likeness (QED) is 0.816. The Morgan fingerprint density at radius 3 is 3.00 bits per heavy atom. The zero-order valence-electron chi connectivity index (χ0n) is 10.1. The molecule has 0 aliphatic carbocycles. The largest absolute Gasteiger partial charge is 0.316 e. The van der Waals surface area contributed by atoms with Crippen LogP contribution in [0.5, 0.6) is 0 Å². The number of aldehydes is 1. The number of hydrogen-bond acceptors (Lipinski definition) is 2. The van der Waals surface area contributed by atoms with E-state index in [9.17, 15) is 9.18 Å². The van der Waals surface area contributed by atoms with E-state index < -0.39 is 5.67 Å². The minimum absolute atomic E-state index is 0.0156. The molecular weight excluding hydrogens is 217 g/mol. The molecule has 3 heteroatoms. The Morgan fingerprint density at radius 2 is 2.35 bits per heavy atom. The molecule has 0 bridgehead atoms. The SMILES string of the molecule is CC(F)(c1cccc(C=O)c1)C1CCCNC1. The maximum Gasteiger partial charge on any atom is 0.150 e. The van der Waals surface area contributed by atoms with E-state index in [2.05, 4.69) is 5.32 Å². The van der Waals surface area contributed by atoms with E-state index in [0.29, 0.717) is 17.7 Å². The van der Waals surface area contributed by atoms with Crippen molar-refractivity contribution in [3.63, 3.8) is 0 Å². The number of hydrogen-bond donors (Lipinski definition) is 1. The van der Waals surface area contributed by atoms with Crippen LogP contribution in [-0.4, -0.2) is 19.4 Å². The molecule has 1 heterocycles. The number of halogens is 1. The van der Waals surface area contributed by atoms with E-state index in [0.717, 1.165) is 25.7 Å². The molecule has 1 N–H and O–H groups in total. The van der Waals surface area contributed by atoms with Crippen LogP contribution in [-0.2, 0) is 5.67 Å². The van der Waals surface area contributed by atoms with Gasteiger partial charge in [-0.05, 0) is 37.9 Å². The van der Waals surface area contributed by atoms with Gasteiger partial charge in [-0.1, -0.05) is 18.2 Å². The Morgan fingerprint density at radius 1 is 1.53 bits per heavy atom. The highest BCUT2D eigenvalue weighted by Gasteiger charge is 2.36. The average Bonchev–Trinajstić information content (AvgIpc) is 2.40. The highest BCUT2D eigenvalue weighted by Crippen LogP contribution is 2.37. The second-order valence-corrected chi connectivity index (χ2v) is 4.86. The second-order valence-electron chi connectivity index (χ2n) is 4.86. The summed E-state index contributed by atoms with van der Waals surface area (Å²) >= 11 is 0. The van der Waals surface area contributed by atoms with Crippen molar-refractivity contribution in [2.24, 2.45) is 5.92 Å². The Labute approximate surface area is 101 Å². The summed E-state index contributed by atoms with van der Waals surface area (Å²) in [7, 11) is 0. The number of carbonyl (C=O) groups is 1. The molecule has 2 atom stereocenters. The van der Waals surface area contributed by atoms with Gasteiger partial charge in [-0.3, -0.25) is 4.79 Å². The lowest BCUT2D eigenvalue weighted by molar-refractivity contribution is 0.0811. The fourth-order valence-corrected chi connectivity index (χ4v) is 2.47. The van der Waals surface area contributed by atoms with Gasteiger partial charge >= 0.3 is 0 Å². The highest BCUT2D eigenvalue weighted by molar-refractivity contribution is 5.75. The third-order valence-electron chi connectivity index (χ3n) is 3.65. The van der Waals surface area contributed by atoms with Crippen LogP contribution in [0.2, 0.25) is 0 Å². The van der Waals surface area contributed by atoms with Crippen molar-refractivity contribution in [2.75, 3.05) is 13.1 Å². The standard InChI is InChI=1S/C14H18FNO/c1-14(15,13-6-3-7-16-9-13)12-5-2-4-11(8-12)10-17/h2,4-5,8,10,13,16H,3,6-7,9H2,1H3. The maximum atomic E-state index is 14.9. The minimum atomic E-state index is -1.37. The predicted octanol–water partition coefficient (Wildman–Crippen LogP) is 2.68. The van der Waals surface area contributed by atoms with E-state index in [1.165, 1.54) is 0 Å². The minimum Gasteiger partial charge on any atom is -0.316 e. The smallest absolute Gasteiger partial charge is 0.150 e. The number of piperidine rings is 1. The van der Waals surface area contributed by atoms with Crippen molar-refractivity contribution in [2.45, 2.75) is 25.4 Å². The van der Waals surface area contributed by atoms with Crippen LogP contribution >= 0.6 is 0 Å². The van der Waals surface area contributed by atoms with Gasteiger partial charge in [-0.2, -0.15) is 0 Å². The number of alkyl halides is 1. The lowest BCUT2D eigenvalue weighted by Crippen LogP contribution is -2.40. The average molecular weight is 235 g/mol. The molecule has 2 rings (SSSR count). The van der Waals surface area contributed by atoms with Crippen molar-refractivity contribution in [3.05, 3.63) is 35.4 Å². The summed E-state index contributed by atoms with van der Waals surface area (Å²) in [5.74, 6) is -0.0156. The summed E-state index contributed by atoms with van der Waals surface area (Å²) in [6, 6.07) is 6.86. The molecular formula is C14H18FNO. The van der Waals surface area contributed by atoms with E-state index in [1.54, 1.807) is 31.2 Å². The number of benzene rings is 1. The summed E-state index contributed by atoms with van der Waals surface area (Å²) < 4.78 is 14.9. The van der Waals surface area contributed by atoms with Crippen LogP contribution in [0.3, 0.4) is 0 Å². The topological polar surface area (TPSA) is 29.1 Å². The van der Waals surface area contributed by atoms with Gasteiger partial charge in [0, 0.05) is 18.0 Å². The molecule has 0 spiro atoms. The van der Waals surface area contributed by atoms with Crippen LogP contribution in [0, 0.1) is 5.92 Å². The van der Waals surface area contributed by atoms with E-state index >= 15 is 0 Å². The van der Waals surface area contributed by atoms with Gasteiger partial charge in [0.15, 0.2) is 0 Å². The van der Waals surface area contributed by atoms with Crippen LogP contribution < -0.4 is 5.32 Å². The third kappa shape index (κ3) is 2.55. The molecule has 1 aliphatic heterocycles. The van der Waals surface area contributed by atoms with E-state index in [1.807, 2.05) is 0 Å². The first-order valence-corrected chi connectivity index (χ1v) is 6.10. The van der Waals surface area contributed by atoms with Gasteiger partial charge < -0.3 is 5.32 Å². The molecule has 1 aliphatic rings. The molecule has 17 heavy (non-hydrogen) atoms. The van der Waals surface area contributed by atoms with Crippen molar-refractivity contribution in [1.82, 2.24) is 5.32 Å². The molecule has 0 amide bonds. The zero-order chi connectivity index (χ0) is 12.3. The van der Waals surface area contributed by atoms with Gasteiger partial charge in [0.2, 0.25) is 0 Å². The van der Waals surface area contributed by atoms with Gasteiger partial charge in [0.05, 0.1) is 0 Å². The second kappa shape index (κ2) is 4.96. The summed E-state index contributed by atoms with van der Waals surface area (Å²) in [4.78, 5) is 10.7. The maximum absolute atomic E-state index is 14.9. The van der Waals surface area contributed by atoms with Crippen molar-refractivity contribution < 1.29 is 9.18 Å². The van der Waals surface area contributed by atoms with Crippen LogP contribution in [0.15, 0.2) is 24.3 Å². The predicted molar refractivity (Wildman–Crippen MR) is 65.9 cm³/mol.